The summed E-state index contributed by atoms with van der Waals surface area (Å²) in [5.41, 5.74) is 9.74. The number of nitrogens with two attached hydrogens (primary N) is 1. The first-order chi connectivity index (χ1) is 19.3. The van der Waals surface area contributed by atoms with E-state index in [0.29, 0.717) is 53.5 Å². The van der Waals surface area contributed by atoms with Crippen LogP contribution in [0.2, 0.25) is 5.02 Å². The molecule has 1 aliphatic heterocycles. The predicted octanol–water partition coefficient (Wildman–Crippen LogP) is 7.70. The maximum atomic E-state index is 6.84. The Hall–Kier alpha value is -2.57. The maximum Gasteiger partial charge on any atom is 0.180 e. The van der Waals surface area contributed by atoms with E-state index >= 15 is 0 Å². The number of rotatable bonds is 10. The Kier molecular flexibility index (Phi) is 7.60. The van der Waals surface area contributed by atoms with E-state index in [1.54, 1.807) is 0 Å². The zero-order chi connectivity index (χ0) is 27.9. The van der Waals surface area contributed by atoms with Crippen molar-refractivity contribution in [3.8, 4) is 11.5 Å². The van der Waals surface area contributed by atoms with Crippen LogP contribution in [0.1, 0.15) is 62.8 Å². The summed E-state index contributed by atoms with van der Waals surface area (Å²) < 4.78 is 25.7. The number of hydrogen-bond donors (Lipinski definition) is 1. The third-order valence-electron chi connectivity index (χ3n) is 10.1. The molecule has 3 aromatic carbocycles. The van der Waals surface area contributed by atoms with Gasteiger partial charge < -0.3 is 24.7 Å². The fraction of sp³-hybridized carbons (Fsp3) is 0.471. The minimum Gasteiger partial charge on any atom is -0.485 e. The standard InChI is InChI=1S/C34H40ClNO4/c1-33(2)26-14-15-34(33,3)32-25(26)18-30(40-32)39-29(19-36)24-16-27(35)31(38-21-23-12-8-5-9-13-23)28(17-24)37-20-22-10-6-4-7-11-22/h4-13,16-17,25-26,29-30,32H,14-15,18-21,36H2,1-3H3/t25-,26-,29-,30-,32-,34+/m1/s1. The Morgan fingerprint density at radius 2 is 1.60 bits per heavy atom. The van der Waals surface area contributed by atoms with Crippen molar-refractivity contribution >= 4 is 11.6 Å². The molecular formula is C34H40ClNO4. The van der Waals surface area contributed by atoms with Crippen LogP contribution in [-0.4, -0.2) is 18.9 Å². The van der Waals surface area contributed by atoms with Crippen LogP contribution in [0.4, 0.5) is 0 Å². The van der Waals surface area contributed by atoms with Crippen molar-refractivity contribution < 1.29 is 18.9 Å². The fourth-order valence-electron chi connectivity index (χ4n) is 7.51. The molecule has 2 saturated carbocycles. The average molecular weight is 562 g/mol. The van der Waals surface area contributed by atoms with Gasteiger partial charge in [-0.15, -0.1) is 0 Å². The van der Waals surface area contributed by atoms with E-state index in [2.05, 4.69) is 20.8 Å². The van der Waals surface area contributed by atoms with E-state index in [0.717, 1.165) is 23.1 Å². The summed E-state index contributed by atoms with van der Waals surface area (Å²) in [6, 6.07) is 23.9. The van der Waals surface area contributed by atoms with Crippen LogP contribution in [0.5, 0.6) is 11.5 Å². The van der Waals surface area contributed by atoms with Gasteiger partial charge in [-0.3, -0.25) is 0 Å². The van der Waals surface area contributed by atoms with E-state index in [-0.39, 0.29) is 23.9 Å². The van der Waals surface area contributed by atoms with Gasteiger partial charge in [0.1, 0.15) is 13.2 Å². The van der Waals surface area contributed by atoms with E-state index in [1.807, 2.05) is 72.8 Å². The van der Waals surface area contributed by atoms with Crippen LogP contribution >= 0.6 is 11.6 Å². The average Bonchev–Trinajstić information content (AvgIpc) is 3.53. The second kappa shape index (κ2) is 11.0. The lowest BCUT2D eigenvalue weighted by atomic mass is 9.70. The predicted molar refractivity (Wildman–Crippen MR) is 157 cm³/mol. The lowest BCUT2D eigenvalue weighted by Crippen LogP contribution is -2.38. The zero-order valence-corrected chi connectivity index (χ0v) is 24.4. The van der Waals surface area contributed by atoms with E-state index in [1.165, 1.54) is 12.8 Å². The smallest absolute Gasteiger partial charge is 0.180 e. The van der Waals surface area contributed by atoms with Crippen LogP contribution in [0.25, 0.3) is 0 Å². The van der Waals surface area contributed by atoms with Crippen molar-refractivity contribution in [2.75, 3.05) is 6.54 Å². The highest BCUT2D eigenvalue weighted by Gasteiger charge is 2.69. The topological polar surface area (TPSA) is 62.9 Å². The monoisotopic (exact) mass is 561 g/mol. The Balaban J connectivity index is 1.22. The molecule has 2 N–H and O–H groups in total. The SMILES string of the molecule is CC1(C)[C@@H]2CC[C@@]1(C)[C@@H]1O[C@@H](O[C@H](CN)c3cc(Cl)c(OCc4ccccc4)c(OCc4ccccc4)c3)C[C@H]21. The van der Waals surface area contributed by atoms with Gasteiger partial charge in [0.25, 0.3) is 0 Å². The lowest BCUT2D eigenvalue weighted by molar-refractivity contribution is -0.185. The first kappa shape index (κ1) is 27.6. The molecule has 3 aliphatic rings. The number of ether oxygens (including phenoxy) is 4. The number of benzene rings is 3. The fourth-order valence-corrected chi connectivity index (χ4v) is 7.78. The van der Waals surface area contributed by atoms with Gasteiger partial charge in [-0.2, -0.15) is 0 Å². The molecule has 6 heteroatoms. The molecule has 3 aromatic rings. The quantitative estimate of drug-likeness (QED) is 0.275. The van der Waals surface area contributed by atoms with Crippen LogP contribution < -0.4 is 15.2 Å². The molecule has 5 nitrogen and oxygen atoms in total. The van der Waals surface area contributed by atoms with Gasteiger partial charge >= 0.3 is 0 Å². The Labute approximate surface area is 242 Å². The summed E-state index contributed by atoms with van der Waals surface area (Å²) in [5.74, 6) is 2.31. The van der Waals surface area contributed by atoms with Gasteiger partial charge in [0, 0.05) is 13.0 Å². The second-order valence-corrected chi connectivity index (χ2v) is 12.8. The van der Waals surface area contributed by atoms with Crippen molar-refractivity contribution in [2.45, 2.75) is 71.7 Å². The minimum atomic E-state index is -0.373. The van der Waals surface area contributed by atoms with Crippen molar-refractivity contribution in [2.24, 2.45) is 28.4 Å². The molecule has 1 saturated heterocycles. The largest absolute Gasteiger partial charge is 0.485 e. The van der Waals surface area contributed by atoms with Gasteiger partial charge in [-0.05, 0) is 64.3 Å². The van der Waals surface area contributed by atoms with E-state index in [9.17, 15) is 0 Å². The molecule has 40 heavy (non-hydrogen) atoms. The van der Waals surface area contributed by atoms with Crippen molar-refractivity contribution in [1.29, 1.82) is 0 Å². The zero-order valence-electron chi connectivity index (χ0n) is 23.6. The molecule has 0 spiro atoms. The lowest BCUT2D eigenvalue weighted by Gasteiger charge is -2.39. The molecule has 3 fully saturated rings. The molecule has 6 rings (SSSR count). The summed E-state index contributed by atoms with van der Waals surface area (Å²) in [6.07, 6.45) is 3.01. The number of hydrogen-bond acceptors (Lipinski definition) is 5. The van der Waals surface area contributed by atoms with E-state index < -0.39 is 0 Å². The van der Waals surface area contributed by atoms with Gasteiger partial charge in [-0.25, -0.2) is 0 Å². The second-order valence-electron chi connectivity index (χ2n) is 12.4. The highest BCUT2D eigenvalue weighted by molar-refractivity contribution is 6.32. The van der Waals surface area contributed by atoms with Crippen LogP contribution in [0.15, 0.2) is 72.8 Å². The summed E-state index contributed by atoms with van der Waals surface area (Å²) >= 11 is 6.84. The van der Waals surface area contributed by atoms with Crippen molar-refractivity contribution in [1.82, 2.24) is 0 Å². The Morgan fingerprint density at radius 3 is 2.23 bits per heavy atom. The number of halogens is 1. The molecule has 2 aliphatic carbocycles. The maximum absolute atomic E-state index is 6.84. The van der Waals surface area contributed by atoms with Crippen molar-refractivity contribution in [3.63, 3.8) is 0 Å². The summed E-state index contributed by atoms with van der Waals surface area (Å²) in [6.45, 7) is 8.33. The molecule has 2 bridgehead atoms. The molecule has 0 unspecified atom stereocenters. The molecule has 6 atom stereocenters. The molecule has 0 amide bonds. The van der Waals surface area contributed by atoms with Crippen LogP contribution in [-0.2, 0) is 22.7 Å². The first-order valence-electron chi connectivity index (χ1n) is 14.5. The summed E-state index contributed by atoms with van der Waals surface area (Å²) in [4.78, 5) is 0. The molecule has 0 aromatic heterocycles. The van der Waals surface area contributed by atoms with E-state index in [4.69, 9.17) is 36.3 Å². The van der Waals surface area contributed by atoms with Crippen LogP contribution in [0.3, 0.4) is 0 Å². The summed E-state index contributed by atoms with van der Waals surface area (Å²) in [5, 5.41) is 0.468. The van der Waals surface area contributed by atoms with Gasteiger partial charge in [0.15, 0.2) is 17.8 Å². The molecular weight excluding hydrogens is 522 g/mol. The normalized spacial score (nSPS) is 28.8. The highest BCUT2D eigenvalue weighted by Crippen LogP contribution is 2.71. The number of fused-ring (bicyclic) bond motifs is 5. The Morgan fingerprint density at radius 1 is 0.950 bits per heavy atom. The first-order valence-corrected chi connectivity index (χ1v) is 14.9. The van der Waals surface area contributed by atoms with Crippen molar-refractivity contribution in [3.05, 3.63) is 94.5 Å². The third kappa shape index (κ3) is 4.92. The summed E-state index contributed by atoms with van der Waals surface area (Å²) in [7, 11) is 0. The Bertz CT molecular complexity index is 1320. The van der Waals surface area contributed by atoms with Gasteiger partial charge in [0.05, 0.1) is 17.2 Å². The molecule has 1 heterocycles. The minimum absolute atomic E-state index is 0.193. The molecule has 212 valence electrons. The van der Waals surface area contributed by atoms with Gasteiger partial charge in [-0.1, -0.05) is 93.0 Å². The highest BCUT2D eigenvalue weighted by atomic mass is 35.5. The van der Waals surface area contributed by atoms with Crippen LogP contribution in [0, 0.1) is 22.7 Å². The third-order valence-corrected chi connectivity index (χ3v) is 10.3. The molecule has 0 radical (unpaired) electrons. The van der Waals surface area contributed by atoms with Gasteiger partial charge in [0.2, 0.25) is 0 Å².